The monoisotopic (exact) mass is 330 g/mol. The molecule has 2 heteroatoms. The molecule has 4 fully saturated rings. The van der Waals surface area contributed by atoms with E-state index in [0.717, 1.165) is 30.8 Å². The van der Waals surface area contributed by atoms with Gasteiger partial charge in [0, 0.05) is 5.92 Å². The lowest BCUT2D eigenvalue weighted by Gasteiger charge is -2.58. The molecule has 5 rings (SSSR count). The molecule has 7 unspecified atom stereocenters. The van der Waals surface area contributed by atoms with E-state index in [1.807, 2.05) is 0 Å². The minimum absolute atomic E-state index is 0.151. The fourth-order valence-corrected chi connectivity index (χ4v) is 7.69. The molecule has 0 amide bonds. The largest absolute Gasteiger partial charge is 0.390 e. The first-order valence-corrected chi connectivity index (χ1v) is 10.4. The van der Waals surface area contributed by atoms with Crippen LogP contribution in [0.1, 0.15) is 72.1 Å². The molecule has 3 saturated carbocycles. The van der Waals surface area contributed by atoms with Crippen LogP contribution in [0.5, 0.6) is 0 Å². The average Bonchev–Trinajstić information content (AvgIpc) is 2.70. The predicted molar refractivity (Wildman–Crippen MR) is 95.6 cm³/mol. The normalized spacial score (nSPS) is 59.2. The highest BCUT2D eigenvalue weighted by atomic mass is 16.5. The summed E-state index contributed by atoms with van der Waals surface area (Å²) in [7, 11) is 0. The van der Waals surface area contributed by atoms with Crippen molar-refractivity contribution in [3.63, 3.8) is 0 Å². The zero-order valence-electron chi connectivity index (χ0n) is 15.7. The van der Waals surface area contributed by atoms with Crippen molar-refractivity contribution in [2.45, 2.75) is 83.8 Å². The Hall–Kier alpha value is -0.340. The van der Waals surface area contributed by atoms with E-state index in [2.05, 4.69) is 26.8 Å². The summed E-state index contributed by atoms with van der Waals surface area (Å²) in [6, 6.07) is 0. The van der Waals surface area contributed by atoms with Crippen molar-refractivity contribution in [2.75, 3.05) is 6.61 Å². The zero-order chi connectivity index (χ0) is 16.7. The Morgan fingerprint density at radius 2 is 1.79 bits per heavy atom. The van der Waals surface area contributed by atoms with Crippen molar-refractivity contribution < 1.29 is 9.84 Å². The van der Waals surface area contributed by atoms with Crippen molar-refractivity contribution in [1.82, 2.24) is 0 Å². The molecule has 0 spiro atoms. The van der Waals surface area contributed by atoms with Gasteiger partial charge in [0.2, 0.25) is 0 Å². The molecule has 4 aliphatic carbocycles. The van der Waals surface area contributed by atoms with Gasteiger partial charge in [-0.3, -0.25) is 0 Å². The topological polar surface area (TPSA) is 29.5 Å². The number of allylic oxidation sites excluding steroid dienone is 1. The summed E-state index contributed by atoms with van der Waals surface area (Å²) >= 11 is 0. The first-order chi connectivity index (χ1) is 11.4. The zero-order valence-corrected chi connectivity index (χ0v) is 15.7. The average molecular weight is 331 g/mol. The second-order valence-corrected chi connectivity index (χ2v) is 10.4. The summed E-state index contributed by atoms with van der Waals surface area (Å²) < 4.78 is 5.84. The van der Waals surface area contributed by atoms with Gasteiger partial charge in [-0.25, -0.2) is 0 Å². The second-order valence-electron chi connectivity index (χ2n) is 10.4. The number of rotatable bonds is 0. The Bertz CT molecular complexity index is 579. The second kappa shape index (κ2) is 4.88. The SMILES string of the molecule is CC12CCC3OCC3C=C1CCC1C2CCC2(C)C1CC[C@]2(C)O. The van der Waals surface area contributed by atoms with Crippen LogP contribution in [-0.4, -0.2) is 23.4 Å². The van der Waals surface area contributed by atoms with Crippen molar-refractivity contribution in [2.24, 2.45) is 34.5 Å². The van der Waals surface area contributed by atoms with Gasteiger partial charge in [-0.05, 0) is 86.9 Å². The number of aliphatic hydroxyl groups is 1. The van der Waals surface area contributed by atoms with E-state index in [-0.39, 0.29) is 5.41 Å². The molecular formula is C22H34O2. The van der Waals surface area contributed by atoms with Crippen LogP contribution < -0.4 is 0 Å². The summed E-state index contributed by atoms with van der Waals surface area (Å²) in [6.45, 7) is 8.05. The molecule has 0 radical (unpaired) electrons. The van der Waals surface area contributed by atoms with Gasteiger partial charge < -0.3 is 9.84 Å². The molecule has 0 aromatic rings. The molecule has 0 aromatic carbocycles. The number of hydrogen-bond donors (Lipinski definition) is 1. The van der Waals surface area contributed by atoms with Gasteiger partial charge in [0.1, 0.15) is 0 Å². The summed E-state index contributed by atoms with van der Waals surface area (Å²) in [5.74, 6) is 3.11. The molecular weight excluding hydrogens is 296 g/mol. The van der Waals surface area contributed by atoms with E-state index < -0.39 is 5.60 Å². The van der Waals surface area contributed by atoms with Gasteiger partial charge in [-0.1, -0.05) is 25.5 Å². The maximum Gasteiger partial charge on any atom is 0.0675 e. The smallest absolute Gasteiger partial charge is 0.0675 e. The van der Waals surface area contributed by atoms with Crippen molar-refractivity contribution in [1.29, 1.82) is 0 Å². The first kappa shape index (κ1) is 15.9. The highest BCUT2D eigenvalue weighted by Crippen LogP contribution is 2.67. The van der Waals surface area contributed by atoms with Crippen LogP contribution in [0, 0.1) is 34.5 Å². The Labute approximate surface area is 147 Å². The molecule has 1 saturated heterocycles. The van der Waals surface area contributed by atoms with E-state index in [0.29, 0.717) is 17.4 Å². The predicted octanol–water partition coefficient (Wildman–Crippen LogP) is 4.72. The van der Waals surface area contributed by atoms with Crippen LogP contribution in [0.2, 0.25) is 0 Å². The van der Waals surface area contributed by atoms with Crippen LogP contribution in [0.25, 0.3) is 0 Å². The lowest BCUT2D eigenvalue weighted by atomic mass is 9.47. The van der Waals surface area contributed by atoms with Crippen LogP contribution in [-0.2, 0) is 4.74 Å². The quantitative estimate of drug-likeness (QED) is 0.652. The molecule has 8 atom stereocenters. The summed E-state index contributed by atoms with van der Waals surface area (Å²) in [4.78, 5) is 0. The van der Waals surface area contributed by atoms with E-state index >= 15 is 0 Å². The highest BCUT2D eigenvalue weighted by molar-refractivity contribution is 5.26. The number of hydrogen-bond acceptors (Lipinski definition) is 2. The van der Waals surface area contributed by atoms with Crippen molar-refractivity contribution in [3.8, 4) is 0 Å². The van der Waals surface area contributed by atoms with E-state index in [4.69, 9.17) is 4.74 Å². The Morgan fingerprint density at radius 3 is 2.54 bits per heavy atom. The van der Waals surface area contributed by atoms with E-state index in [9.17, 15) is 5.11 Å². The molecule has 134 valence electrons. The van der Waals surface area contributed by atoms with E-state index in [1.165, 1.54) is 44.9 Å². The van der Waals surface area contributed by atoms with Crippen molar-refractivity contribution >= 4 is 0 Å². The van der Waals surface area contributed by atoms with E-state index in [1.54, 1.807) is 5.57 Å². The maximum atomic E-state index is 11.0. The Balaban J connectivity index is 1.49. The molecule has 5 aliphatic rings. The third-order valence-electron chi connectivity index (χ3n) is 9.64. The van der Waals surface area contributed by atoms with Gasteiger partial charge in [-0.2, -0.15) is 0 Å². The van der Waals surface area contributed by atoms with Crippen LogP contribution in [0.3, 0.4) is 0 Å². The van der Waals surface area contributed by atoms with Gasteiger partial charge >= 0.3 is 0 Å². The van der Waals surface area contributed by atoms with Crippen LogP contribution in [0.4, 0.5) is 0 Å². The van der Waals surface area contributed by atoms with Crippen molar-refractivity contribution in [3.05, 3.63) is 11.6 Å². The summed E-state index contributed by atoms with van der Waals surface area (Å²) in [6.07, 6.45) is 13.2. The molecule has 1 heterocycles. The fraction of sp³-hybridized carbons (Fsp3) is 0.909. The molecule has 24 heavy (non-hydrogen) atoms. The van der Waals surface area contributed by atoms with Gasteiger partial charge in [0.25, 0.3) is 0 Å². The minimum Gasteiger partial charge on any atom is -0.390 e. The maximum absolute atomic E-state index is 11.0. The third kappa shape index (κ3) is 1.85. The molecule has 0 bridgehead atoms. The number of fused-ring (bicyclic) bond motifs is 6. The Morgan fingerprint density at radius 1 is 1.00 bits per heavy atom. The lowest BCUT2D eigenvalue weighted by Crippen LogP contribution is -2.53. The van der Waals surface area contributed by atoms with Gasteiger partial charge in [0.15, 0.2) is 0 Å². The standard InChI is InChI=1S/C22H34O2/c1-20-9-8-19-14(13-24-19)12-15(20)4-5-16-17(20)6-10-21(2)18(16)7-11-22(21,3)23/h12,14,16-19,23H,4-11,13H2,1-3H3/t14?,16?,17?,18?,19?,20?,21?,22-/m0/s1. The summed E-state index contributed by atoms with van der Waals surface area (Å²) in [5.41, 5.74) is 1.88. The molecule has 2 nitrogen and oxygen atoms in total. The molecule has 1 N–H and O–H groups in total. The summed E-state index contributed by atoms with van der Waals surface area (Å²) in [5, 5.41) is 11.0. The fourth-order valence-electron chi connectivity index (χ4n) is 7.69. The van der Waals surface area contributed by atoms with Crippen LogP contribution in [0.15, 0.2) is 11.6 Å². The van der Waals surface area contributed by atoms with Gasteiger partial charge in [0.05, 0.1) is 18.3 Å². The molecule has 0 aromatic heterocycles. The minimum atomic E-state index is -0.448. The lowest BCUT2D eigenvalue weighted by molar-refractivity contribution is -0.120. The molecule has 1 aliphatic heterocycles. The number of ether oxygens (including phenoxy) is 1. The third-order valence-corrected chi connectivity index (χ3v) is 9.64. The van der Waals surface area contributed by atoms with Crippen LogP contribution >= 0.6 is 0 Å². The Kier molecular flexibility index (Phi) is 3.23. The van der Waals surface area contributed by atoms with Gasteiger partial charge in [-0.15, -0.1) is 0 Å². The highest BCUT2D eigenvalue weighted by Gasteiger charge is 2.62. The first-order valence-electron chi connectivity index (χ1n) is 10.4.